The number of halogens is 2. The monoisotopic (exact) mass is 399 g/mol. The first-order valence-electron chi connectivity index (χ1n) is 6.74. The highest BCUT2D eigenvalue weighted by Gasteiger charge is 2.23. The number of nitrogens with two attached hydrogens (primary N) is 1. The summed E-state index contributed by atoms with van der Waals surface area (Å²) in [5.41, 5.74) is 8.01. The molecule has 0 spiro atoms. The number of rotatable bonds is 2. The van der Waals surface area contributed by atoms with Crippen LogP contribution in [0.5, 0.6) is 0 Å². The van der Waals surface area contributed by atoms with Crippen molar-refractivity contribution < 1.29 is 0 Å². The number of nitrogens with zero attached hydrogens (tertiary/aromatic N) is 2. The van der Waals surface area contributed by atoms with Crippen LogP contribution < -0.4 is 5.73 Å². The fourth-order valence-corrected chi connectivity index (χ4v) is 3.62. The fraction of sp³-hybridized carbons (Fsp3) is 0.333. The van der Waals surface area contributed by atoms with Gasteiger partial charge in [0.1, 0.15) is 5.82 Å². The maximum absolute atomic E-state index is 6.24. The van der Waals surface area contributed by atoms with E-state index in [0.29, 0.717) is 22.6 Å². The molecule has 1 saturated carbocycles. The van der Waals surface area contributed by atoms with Gasteiger partial charge in [-0.3, -0.25) is 0 Å². The molecular formula is C15H15ClIN3. The number of benzene rings is 1. The molecule has 0 amide bonds. The van der Waals surface area contributed by atoms with Crippen LogP contribution >= 0.6 is 34.2 Å². The Balaban J connectivity index is 2.11. The Bertz CT molecular complexity index is 639. The molecule has 1 aliphatic rings. The van der Waals surface area contributed by atoms with Gasteiger partial charge in [-0.1, -0.05) is 36.6 Å². The smallest absolute Gasteiger partial charge is 0.163 e. The summed E-state index contributed by atoms with van der Waals surface area (Å²) in [4.78, 5) is 9.17. The lowest BCUT2D eigenvalue weighted by molar-refractivity contribution is 0.691. The summed E-state index contributed by atoms with van der Waals surface area (Å²) in [6, 6.07) is 7.62. The molecule has 5 heteroatoms. The molecule has 1 fully saturated rings. The second kappa shape index (κ2) is 5.85. The first kappa shape index (κ1) is 14.1. The molecule has 0 radical (unpaired) electrons. The highest BCUT2D eigenvalue weighted by molar-refractivity contribution is 14.1. The van der Waals surface area contributed by atoms with E-state index >= 15 is 0 Å². The second-order valence-electron chi connectivity index (χ2n) is 5.09. The minimum absolute atomic E-state index is 0.508. The maximum Gasteiger partial charge on any atom is 0.163 e. The van der Waals surface area contributed by atoms with E-state index in [1.54, 1.807) is 0 Å². The zero-order valence-electron chi connectivity index (χ0n) is 10.9. The molecular weight excluding hydrogens is 385 g/mol. The third-order valence-electron chi connectivity index (χ3n) is 3.76. The first-order valence-corrected chi connectivity index (χ1v) is 8.20. The number of anilines is 1. The minimum atomic E-state index is 0.508. The van der Waals surface area contributed by atoms with Crippen LogP contribution in [0, 0.1) is 3.57 Å². The van der Waals surface area contributed by atoms with E-state index in [1.165, 1.54) is 25.7 Å². The van der Waals surface area contributed by atoms with Gasteiger partial charge in [0, 0.05) is 11.5 Å². The zero-order chi connectivity index (χ0) is 14.1. The zero-order valence-corrected chi connectivity index (χ0v) is 13.9. The van der Waals surface area contributed by atoms with Crippen LogP contribution in [0.1, 0.15) is 37.3 Å². The lowest BCUT2D eigenvalue weighted by Crippen LogP contribution is -2.08. The Kier molecular flexibility index (Phi) is 4.12. The van der Waals surface area contributed by atoms with Crippen molar-refractivity contribution in [3.05, 3.63) is 38.6 Å². The van der Waals surface area contributed by atoms with Gasteiger partial charge in [-0.2, -0.15) is 0 Å². The average Bonchev–Trinajstić information content (AvgIpc) is 2.96. The predicted octanol–water partition coefficient (Wildman–Crippen LogP) is 4.64. The Hall–Kier alpha value is -0.880. The van der Waals surface area contributed by atoms with Crippen LogP contribution in [-0.2, 0) is 0 Å². The van der Waals surface area contributed by atoms with E-state index in [2.05, 4.69) is 27.6 Å². The molecule has 1 heterocycles. The van der Waals surface area contributed by atoms with E-state index in [1.807, 2.05) is 24.3 Å². The summed E-state index contributed by atoms with van der Waals surface area (Å²) < 4.78 is 0.991. The van der Waals surface area contributed by atoms with Crippen LogP contribution in [0.4, 0.5) is 5.82 Å². The first-order chi connectivity index (χ1) is 9.66. The Labute approximate surface area is 137 Å². The quantitative estimate of drug-likeness (QED) is 0.748. The van der Waals surface area contributed by atoms with Crippen molar-refractivity contribution >= 4 is 40.0 Å². The third kappa shape index (κ3) is 2.63. The largest absolute Gasteiger partial charge is 0.383 e. The summed E-state index contributed by atoms with van der Waals surface area (Å²) in [6.07, 6.45) is 4.92. The summed E-state index contributed by atoms with van der Waals surface area (Å²) in [7, 11) is 0. The molecule has 0 saturated heterocycles. The maximum atomic E-state index is 6.24. The summed E-state index contributed by atoms with van der Waals surface area (Å²) in [6.45, 7) is 0. The van der Waals surface area contributed by atoms with Gasteiger partial charge in [-0.05, 0) is 47.6 Å². The van der Waals surface area contributed by atoms with Gasteiger partial charge >= 0.3 is 0 Å². The minimum Gasteiger partial charge on any atom is -0.383 e. The van der Waals surface area contributed by atoms with Crippen LogP contribution in [0.3, 0.4) is 0 Å². The SMILES string of the molecule is Nc1nc(-c2ccccc2Cl)nc(C2CCCC2)c1I. The summed E-state index contributed by atoms with van der Waals surface area (Å²) in [5.74, 6) is 1.70. The van der Waals surface area contributed by atoms with E-state index in [0.717, 1.165) is 14.8 Å². The standard InChI is InChI=1S/C15H15ClIN3/c16-11-8-4-3-7-10(11)15-19-13(9-5-1-2-6-9)12(17)14(18)20-15/h3-4,7-9H,1-2,5-6H2,(H2,18,19,20). The van der Waals surface area contributed by atoms with Crippen molar-refractivity contribution in [3.8, 4) is 11.4 Å². The van der Waals surface area contributed by atoms with Gasteiger partial charge in [0.15, 0.2) is 5.82 Å². The molecule has 1 aromatic carbocycles. The Morgan fingerprint density at radius 2 is 1.85 bits per heavy atom. The third-order valence-corrected chi connectivity index (χ3v) is 5.19. The van der Waals surface area contributed by atoms with Crippen molar-refractivity contribution in [1.82, 2.24) is 9.97 Å². The van der Waals surface area contributed by atoms with Gasteiger partial charge in [-0.25, -0.2) is 9.97 Å². The molecule has 2 N–H and O–H groups in total. The summed E-state index contributed by atoms with van der Waals surface area (Å²) >= 11 is 8.50. The lowest BCUT2D eigenvalue weighted by atomic mass is 10.0. The molecule has 0 unspecified atom stereocenters. The molecule has 0 aliphatic heterocycles. The van der Waals surface area contributed by atoms with Crippen molar-refractivity contribution in [2.75, 3.05) is 5.73 Å². The number of nitrogen functional groups attached to an aromatic ring is 1. The van der Waals surface area contributed by atoms with Gasteiger partial charge in [-0.15, -0.1) is 0 Å². The molecule has 3 rings (SSSR count). The molecule has 20 heavy (non-hydrogen) atoms. The average molecular weight is 400 g/mol. The fourth-order valence-electron chi connectivity index (χ4n) is 2.72. The van der Waals surface area contributed by atoms with Gasteiger partial charge in [0.2, 0.25) is 0 Å². The van der Waals surface area contributed by atoms with Crippen LogP contribution in [0.2, 0.25) is 5.02 Å². The van der Waals surface area contributed by atoms with Gasteiger partial charge in [0.05, 0.1) is 14.3 Å². The van der Waals surface area contributed by atoms with Crippen molar-refractivity contribution in [2.45, 2.75) is 31.6 Å². The Morgan fingerprint density at radius 1 is 1.15 bits per heavy atom. The number of aromatic nitrogens is 2. The number of hydrogen-bond acceptors (Lipinski definition) is 3. The van der Waals surface area contributed by atoms with Crippen LogP contribution in [0.25, 0.3) is 11.4 Å². The highest BCUT2D eigenvalue weighted by atomic mass is 127. The number of hydrogen-bond donors (Lipinski definition) is 1. The Morgan fingerprint density at radius 3 is 2.55 bits per heavy atom. The van der Waals surface area contributed by atoms with E-state index in [9.17, 15) is 0 Å². The van der Waals surface area contributed by atoms with Gasteiger partial charge in [0.25, 0.3) is 0 Å². The molecule has 104 valence electrons. The van der Waals surface area contributed by atoms with E-state index < -0.39 is 0 Å². The second-order valence-corrected chi connectivity index (χ2v) is 6.58. The predicted molar refractivity (Wildman–Crippen MR) is 90.8 cm³/mol. The van der Waals surface area contributed by atoms with Crippen molar-refractivity contribution in [1.29, 1.82) is 0 Å². The molecule has 0 atom stereocenters. The van der Waals surface area contributed by atoms with Crippen LogP contribution in [0.15, 0.2) is 24.3 Å². The lowest BCUT2D eigenvalue weighted by Gasteiger charge is -2.14. The molecule has 0 bridgehead atoms. The van der Waals surface area contributed by atoms with Crippen molar-refractivity contribution in [3.63, 3.8) is 0 Å². The van der Waals surface area contributed by atoms with Gasteiger partial charge < -0.3 is 5.73 Å². The molecule has 3 nitrogen and oxygen atoms in total. The molecule has 1 aromatic heterocycles. The van der Waals surface area contributed by atoms with Crippen molar-refractivity contribution in [2.24, 2.45) is 0 Å². The normalized spacial score (nSPS) is 15.7. The molecule has 1 aliphatic carbocycles. The van der Waals surface area contributed by atoms with E-state index in [4.69, 9.17) is 22.3 Å². The van der Waals surface area contributed by atoms with E-state index in [-0.39, 0.29) is 0 Å². The van der Waals surface area contributed by atoms with Crippen LogP contribution in [-0.4, -0.2) is 9.97 Å². The molecule has 2 aromatic rings. The topological polar surface area (TPSA) is 51.8 Å². The highest BCUT2D eigenvalue weighted by Crippen LogP contribution is 2.37. The summed E-state index contributed by atoms with van der Waals surface area (Å²) in [5, 5.41) is 0.658.